The van der Waals surface area contributed by atoms with Crippen molar-refractivity contribution in [1.82, 2.24) is 5.32 Å². The summed E-state index contributed by atoms with van der Waals surface area (Å²) < 4.78 is 0. The first-order valence-corrected chi connectivity index (χ1v) is 7.06. The molecule has 0 aromatic heterocycles. The van der Waals surface area contributed by atoms with Crippen LogP contribution in [0, 0.1) is 25.7 Å². The van der Waals surface area contributed by atoms with Crippen molar-refractivity contribution in [2.45, 2.75) is 33.1 Å². The van der Waals surface area contributed by atoms with E-state index >= 15 is 0 Å². The summed E-state index contributed by atoms with van der Waals surface area (Å²) in [4.78, 5) is 22.8. The topological polar surface area (TPSA) is 66.4 Å². The number of rotatable bonds is 5. The molecule has 1 aliphatic rings. The summed E-state index contributed by atoms with van der Waals surface area (Å²) in [7, 11) is 0. The Morgan fingerprint density at radius 1 is 1.20 bits per heavy atom. The summed E-state index contributed by atoms with van der Waals surface area (Å²) in [5.74, 6) is -1.80. The Bertz CT molecular complexity index is 504. The number of hydrogen-bond acceptors (Lipinski definition) is 2. The predicted octanol–water partition coefficient (Wildman–Crippen LogP) is 2.07. The molecule has 0 spiro atoms. The molecule has 2 unspecified atom stereocenters. The summed E-state index contributed by atoms with van der Waals surface area (Å²) in [5.41, 5.74) is 3.72. The van der Waals surface area contributed by atoms with Crippen LogP contribution < -0.4 is 5.32 Å². The van der Waals surface area contributed by atoms with Crippen LogP contribution in [0.5, 0.6) is 0 Å². The van der Waals surface area contributed by atoms with Gasteiger partial charge in [-0.05, 0) is 49.8 Å². The summed E-state index contributed by atoms with van der Waals surface area (Å²) in [6.45, 7) is 4.69. The van der Waals surface area contributed by atoms with Crippen molar-refractivity contribution in [3.05, 3.63) is 34.9 Å². The van der Waals surface area contributed by atoms with Crippen LogP contribution in [-0.4, -0.2) is 23.5 Å². The predicted molar refractivity (Wildman–Crippen MR) is 76.5 cm³/mol. The molecule has 0 radical (unpaired) electrons. The largest absolute Gasteiger partial charge is 0.481 e. The van der Waals surface area contributed by atoms with E-state index in [1.165, 1.54) is 16.7 Å². The van der Waals surface area contributed by atoms with Gasteiger partial charge >= 0.3 is 5.97 Å². The van der Waals surface area contributed by atoms with Gasteiger partial charge in [0.25, 0.3) is 0 Å². The lowest BCUT2D eigenvalue weighted by Crippen LogP contribution is -2.44. The molecule has 20 heavy (non-hydrogen) atoms. The molecular formula is C16H21NO3. The minimum absolute atomic E-state index is 0.116. The minimum Gasteiger partial charge on any atom is -0.481 e. The lowest BCUT2D eigenvalue weighted by atomic mass is 9.73. The fourth-order valence-corrected chi connectivity index (χ4v) is 2.79. The summed E-state index contributed by atoms with van der Waals surface area (Å²) >= 11 is 0. The molecule has 0 saturated heterocycles. The highest BCUT2D eigenvalue weighted by atomic mass is 16.4. The monoisotopic (exact) mass is 275 g/mol. The number of carboxylic acids is 1. The van der Waals surface area contributed by atoms with Crippen LogP contribution in [0.25, 0.3) is 0 Å². The SMILES string of the molecule is Cc1cccc(C)c1CCNC(=O)C1CCC1C(=O)O. The maximum atomic E-state index is 11.9. The molecule has 2 N–H and O–H groups in total. The Hall–Kier alpha value is -1.84. The third-order valence-electron chi connectivity index (χ3n) is 4.25. The second-order valence-corrected chi connectivity index (χ2v) is 5.54. The van der Waals surface area contributed by atoms with Gasteiger partial charge in [-0.25, -0.2) is 0 Å². The highest BCUT2D eigenvalue weighted by Crippen LogP contribution is 2.34. The van der Waals surface area contributed by atoms with Crippen LogP contribution in [0.15, 0.2) is 18.2 Å². The lowest BCUT2D eigenvalue weighted by Gasteiger charge is -2.31. The maximum Gasteiger partial charge on any atom is 0.307 e. The second kappa shape index (κ2) is 6.07. The van der Waals surface area contributed by atoms with Crippen molar-refractivity contribution in [2.24, 2.45) is 11.8 Å². The molecule has 1 aromatic carbocycles. The van der Waals surface area contributed by atoms with Gasteiger partial charge in [-0.2, -0.15) is 0 Å². The fourth-order valence-electron chi connectivity index (χ4n) is 2.79. The Morgan fingerprint density at radius 2 is 1.80 bits per heavy atom. The van der Waals surface area contributed by atoms with Gasteiger partial charge in [0.1, 0.15) is 0 Å². The van der Waals surface area contributed by atoms with Crippen molar-refractivity contribution in [3.8, 4) is 0 Å². The average Bonchev–Trinajstić information content (AvgIpc) is 2.30. The van der Waals surface area contributed by atoms with E-state index in [-0.39, 0.29) is 11.8 Å². The standard InChI is InChI=1S/C16H21NO3/c1-10-4-3-5-11(2)12(10)8-9-17-15(18)13-6-7-14(13)16(19)20/h3-5,13-14H,6-9H2,1-2H3,(H,17,18)(H,19,20). The Balaban J connectivity index is 1.84. The summed E-state index contributed by atoms with van der Waals surface area (Å²) in [5, 5.41) is 11.8. The number of carboxylic acid groups (broad SMARTS) is 1. The molecule has 2 rings (SSSR count). The number of carbonyl (C=O) groups is 2. The van der Waals surface area contributed by atoms with Crippen LogP contribution in [0.4, 0.5) is 0 Å². The van der Waals surface area contributed by atoms with Crippen molar-refractivity contribution < 1.29 is 14.7 Å². The molecule has 2 atom stereocenters. The number of hydrogen-bond donors (Lipinski definition) is 2. The zero-order valence-corrected chi connectivity index (χ0v) is 12.0. The maximum absolute atomic E-state index is 11.9. The van der Waals surface area contributed by atoms with Crippen LogP contribution in [-0.2, 0) is 16.0 Å². The molecule has 108 valence electrons. The van der Waals surface area contributed by atoms with E-state index in [4.69, 9.17) is 5.11 Å². The third kappa shape index (κ3) is 3.00. The van der Waals surface area contributed by atoms with E-state index < -0.39 is 11.9 Å². The molecule has 4 nitrogen and oxygen atoms in total. The Kier molecular flexibility index (Phi) is 4.42. The molecule has 1 fully saturated rings. The van der Waals surface area contributed by atoms with Crippen molar-refractivity contribution in [3.63, 3.8) is 0 Å². The zero-order valence-electron chi connectivity index (χ0n) is 12.0. The molecule has 1 aromatic rings. The van der Waals surface area contributed by atoms with Gasteiger partial charge in [-0.3, -0.25) is 9.59 Å². The minimum atomic E-state index is -0.855. The molecule has 1 aliphatic carbocycles. The molecular weight excluding hydrogens is 254 g/mol. The van der Waals surface area contributed by atoms with E-state index in [9.17, 15) is 9.59 Å². The molecule has 0 bridgehead atoms. The highest BCUT2D eigenvalue weighted by molar-refractivity contribution is 5.86. The van der Waals surface area contributed by atoms with Gasteiger partial charge in [-0.1, -0.05) is 18.2 Å². The average molecular weight is 275 g/mol. The normalized spacial score (nSPS) is 21.1. The second-order valence-electron chi connectivity index (χ2n) is 5.54. The van der Waals surface area contributed by atoms with Crippen molar-refractivity contribution in [2.75, 3.05) is 6.54 Å². The number of carbonyl (C=O) groups excluding carboxylic acids is 1. The van der Waals surface area contributed by atoms with Crippen LogP contribution >= 0.6 is 0 Å². The first-order valence-electron chi connectivity index (χ1n) is 7.06. The van der Waals surface area contributed by atoms with Gasteiger partial charge in [0.05, 0.1) is 11.8 Å². The van der Waals surface area contributed by atoms with E-state index in [1.807, 2.05) is 6.07 Å². The molecule has 1 amide bonds. The number of aliphatic carboxylic acids is 1. The molecule has 1 saturated carbocycles. The molecule has 0 aliphatic heterocycles. The van der Waals surface area contributed by atoms with E-state index in [0.29, 0.717) is 19.4 Å². The number of benzene rings is 1. The van der Waals surface area contributed by atoms with Crippen molar-refractivity contribution in [1.29, 1.82) is 0 Å². The third-order valence-corrected chi connectivity index (χ3v) is 4.25. The van der Waals surface area contributed by atoms with Crippen LogP contribution in [0.3, 0.4) is 0 Å². The van der Waals surface area contributed by atoms with E-state index in [1.54, 1.807) is 0 Å². The Labute approximate surface area is 119 Å². The fraction of sp³-hybridized carbons (Fsp3) is 0.500. The quantitative estimate of drug-likeness (QED) is 0.864. The summed E-state index contributed by atoms with van der Waals surface area (Å²) in [6.07, 6.45) is 2.09. The Morgan fingerprint density at radius 3 is 2.30 bits per heavy atom. The lowest BCUT2D eigenvalue weighted by molar-refractivity contribution is -0.152. The number of amides is 1. The molecule has 0 heterocycles. The van der Waals surface area contributed by atoms with Gasteiger partial charge in [0.15, 0.2) is 0 Å². The highest BCUT2D eigenvalue weighted by Gasteiger charge is 2.41. The van der Waals surface area contributed by atoms with Gasteiger partial charge < -0.3 is 10.4 Å². The van der Waals surface area contributed by atoms with E-state index in [0.717, 1.165) is 6.42 Å². The number of nitrogens with one attached hydrogen (secondary N) is 1. The smallest absolute Gasteiger partial charge is 0.307 e. The van der Waals surface area contributed by atoms with Gasteiger partial charge in [0.2, 0.25) is 5.91 Å². The van der Waals surface area contributed by atoms with Crippen LogP contribution in [0.2, 0.25) is 0 Å². The van der Waals surface area contributed by atoms with Gasteiger partial charge in [-0.15, -0.1) is 0 Å². The first kappa shape index (κ1) is 14.6. The first-order chi connectivity index (χ1) is 9.50. The van der Waals surface area contributed by atoms with Gasteiger partial charge in [0, 0.05) is 6.54 Å². The zero-order chi connectivity index (χ0) is 14.7. The van der Waals surface area contributed by atoms with E-state index in [2.05, 4.69) is 31.3 Å². The number of aryl methyl sites for hydroxylation is 2. The van der Waals surface area contributed by atoms with Crippen molar-refractivity contribution >= 4 is 11.9 Å². The summed E-state index contributed by atoms with van der Waals surface area (Å²) in [6, 6.07) is 6.16. The molecule has 4 heteroatoms. The van der Waals surface area contributed by atoms with Crippen LogP contribution in [0.1, 0.15) is 29.5 Å².